The van der Waals surface area contributed by atoms with E-state index in [9.17, 15) is 4.79 Å². The standard InChI is InChI=1S/C12H24N2O2/c1-5-9-8-13-7-6-10(9)14-11(15)16-12(2,3)4/h9-10,13H,5-8H2,1-4H3,(H,14,15). The first-order valence-corrected chi connectivity index (χ1v) is 6.12. The highest BCUT2D eigenvalue weighted by Gasteiger charge is 2.26. The monoisotopic (exact) mass is 228 g/mol. The molecule has 1 rings (SSSR count). The van der Waals surface area contributed by atoms with Crippen molar-refractivity contribution in [2.24, 2.45) is 5.92 Å². The van der Waals surface area contributed by atoms with Crippen LogP contribution in [0.1, 0.15) is 40.5 Å². The lowest BCUT2D eigenvalue weighted by molar-refractivity contribution is 0.0473. The van der Waals surface area contributed by atoms with Crippen molar-refractivity contribution in [3.63, 3.8) is 0 Å². The van der Waals surface area contributed by atoms with Gasteiger partial charge in [-0.3, -0.25) is 0 Å². The molecule has 2 unspecified atom stereocenters. The summed E-state index contributed by atoms with van der Waals surface area (Å²) in [4.78, 5) is 11.6. The van der Waals surface area contributed by atoms with Crippen LogP contribution in [0.3, 0.4) is 0 Å². The van der Waals surface area contributed by atoms with Crippen LogP contribution >= 0.6 is 0 Å². The van der Waals surface area contributed by atoms with Crippen molar-refractivity contribution >= 4 is 6.09 Å². The van der Waals surface area contributed by atoms with Crippen LogP contribution in [0.4, 0.5) is 4.79 Å². The second kappa shape index (κ2) is 5.53. The van der Waals surface area contributed by atoms with Crippen LogP contribution in [0.25, 0.3) is 0 Å². The van der Waals surface area contributed by atoms with Gasteiger partial charge in [0.1, 0.15) is 5.60 Å². The minimum atomic E-state index is -0.418. The summed E-state index contributed by atoms with van der Waals surface area (Å²) in [5, 5.41) is 6.32. The Balaban J connectivity index is 2.42. The topological polar surface area (TPSA) is 50.4 Å². The number of ether oxygens (including phenoxy) is 1. The van der Waals surface area contributed by atoms with E-state index in [1.54, 1.807) is 0 Å². The van der Waals surface area contributed by atoms with Gasteiger partial charge in [0.05, 0.1) is 0 Å². The Morgan fingerprint density at radius 3 is 2.75 bits per heavy atom. The van der Waals surface area contributed by atoms with Crippen molar-refractivity contribution in [3.05, 3.63) is 0 Å². The lowest BCUT2D eigenvalue weighted by Crippen LogP contribution is -2.50. The number of carbonyl (C=O) groups excluding carboxylic acids is 1. The number of amides is 1. The summed E-state index contributed by atoms with van der Waals surface area (Å²) in [5.41, 5.74) is -0.418. The van der Waals surface area contributed by atoms with Crippen LogP contribution in [0, 0.1) is 5.92 Å². The first-order valence-electron chi connectivity index (χ1n) is 6.12. The maximum atomic E-state index is 11.6. The molecule has 0 aromatic heterocycles. The van der Waals surface area contributed by atoms with Gasteiger partial charge in [-0.05, 0) is 46.2 Å². The van der Waals surface area contributed by atoms with Gasteiger partial charge in [-0.2, -0.15) is 0 Å². The maximum absolute atomic E-state index is 11.6. The van der Waals surface area contributed by atoms with Gasteiger partial charge in [-0.1, -0.05) is 13.3 Å². The van der Waals surface area contributed by atoms with Gasteiger partial charge in [0.15, 0.2) is 0 Å². The summed E-state index contributed by atoms with van der Waals surface area (Å²) < 4.78 is 5.26. The summed E-state index contributed by atoms with van der Waals surface area (Å²) in [6.07, 6.45) is 1.77. The number of rotatable bonds is 2. The van der Waals surface area contributed by atoms with Gasteiger partial charge in [0.25, 0.3) is 0 Å². The quantitative estimate of drug-likeness (QED) is 0.759. The molecule has 4 heteroatoms. The third kappa shape index (κ3) is 4.39. The van der Waals surface area contributed by atoms with Gasteiger partial charge in [-0.15, -0.1) is 0 Å². The summed E-state index contributed by atoms with van der Waals surface area (Å²) in [5.74, 6) is 0.515. The first kappa shape index (κ1) is 13.3. The van der Waals surface area contributed by atoms with Crippen LogP contribution in [0.15, 0.2) is 0 Å². The molecule has 16 heavy (non-hydrogen) atoms. The Labute approximate surface area is 98.1 Å². The molecule has 0 saturated carbocycles. The van der Waals surface area contributed by atoms with E-state index in [1.165, 1.54) is 0 Å². The van der Waals surface area contributed by atoms with Gasteiger partial charge in [0, 0.05) is 6.04 Å². The molecule has 2 atom stereocenters. The van der Waals surface area contributed by atoms with Crippen LogP contribution in [-0.2, 0) is 4.74 Å². The smallest absolute Gasteiger partial charge is 0.407 e. The van der Waals surface area contributed by atoms with E-state index in [0.717, 1.165) is 25.9 Å². The van der Waals surface area contributed by atoms with E-state index in [0.29, 0.717) is 5.92 Å². The zero-order valence-corrected chi connectivity index (χ0v) is 10.8. The average molecular weight is 228 g/mol. The zero-order valence-electron chi connectivity index (χ0n) is 10.8. The Hall–Kier alpha value is -0.770. The van der Waals surface area contributed by atoms with Crippen LogP contribution in [-0.4, -0.2) is 30.8 Å². The van der Waals surface area contributed by atoms with Crippen LogP contribution < -0.4 is 10.6 Å². The SMILES string of the molecule is CCC1CNCCC1NC(=O)OC(C)(C)C. The molecule has 0 aromatic carbocycles. The van der Waals surface area contributed by atoms with E-state index in [-0.39, 0.29) is 12.1 Å². The summed E-state index contributed by atoms with van der Waals surface area (Å²) in [6.45, 7) is 9.75. The predicted octanol–water partition coefficient (Wildman–Crippen LogP) is 1.90. The van der Waals surface area contributed by atoms with Crippen molar-refractivity contribution in [1.29, 1.82) is 0 Å². The van der Waals surface area contributed by atoms with E-state index < -0.39 is 5.60 Å². The molecule has 0 aromatic rings. The number of hydrogen-bond acceptors (Lipinski definition) is 3. The van der Waals surface area contributed by atoms with E-state index in [1.807, 2.05) is 20.8 Å². The second-order valence-corrected chi connectivity index (χ2v) is 5.41. The Morgan fingerprint density at radius 1 is 1.50 bits per heavy atom. The fourth-order valence-corrected chi connectivity index (χ4v) is 2.00. The Bertz CT molecular complexity index is 236. The molecule has 0 bridgehead atoms. The van der Waals surface area contributed by atoms with Crippen LogP contribution in [0.2, 0.25) is 0 Å². The number of nitrogens with one attached hydrogen (secondary N) is 2. The zero-order chi connectivity index (χ0) is 12.2. The highest BCUT2D eigenvalue weighted by Crippen LogP contribution is 2.15. The largest absolute Gasteiger partial charge is 0.444 e. The van der Waals surface area contributed by atoms with Gasteiger partial charge in [0.2, 0.25) is 0 Å². The second-order valence-electron chi connectivity index (χ2n) is 5.41. The Morgan fingerprint density at radius 2 is 2.19 bits per heavy atom. The molecule has 1 heterocycles. The molecule has 1 aliphatic heterocycles. The lowest BCUT2D eigenvalue weighted by Gasteiger charge is -2.32. The molecule has 2 N–H and O–H groups in total. The van der Waals surface area contributed by atoms with E-state index in [2.05, 4.69) is 17.6 Å². The van der Waals surface area contributed by atoms with Gasteiger partial charge >= 0.3 is 6.09 Å². The summed E-state index contributed by atoms with van der Waals surface area (Å²) >= 11 is 0. The third-order valence-corrected chi connectivity index (χ3v) is 2.83. The van der Waals surface area contributed by atoms with Crippen molar-refractivity contribution in [1.82, 2.24) is 10.6 Å². The molecular formula is C12H24N2O2. The van der Waals surface area contributed by atoms with E-state index in [4.69, 9.17) is 4.74 Å². The lowest BCUT2D eigenvalue weighted by atomic mass is 9.91. The van der Waals surface area contributed by atoms with Gasteiger partial charge < -0.3 is 15.4 Å². The predicted molar refractivity (Wildman–Crippen MR) is 64.4 cm³/mol. The van der Waals surface area contributed by atoms with Crippen LogP contribution in [0.5, 0.6) is 0 Å². The van der Waals surface area contributed by atoms with Crippen molar-refractivity contribution in [2.45, 2.75) is 52.2 Å². The normalized spacial score (nSPS) is 26.2. The van der Waals surface area contributed by atoms with Crippen molar-refractivity contribution < 1.29 is 9.53 Å². The minimum absolute atomic E-state index is 0.251. The minimum Gasteiger partial charge on any atom is -0.444 e. The van der Waals surface area contributed by atoms with Gasteiger partial charge in [-0.25, -0.2) is 4.79 Å². The average Bonchev–Trinajstić information content (AvgIpc) is 2.15. The molecule has 1 fully saturated rings. The molecule has 0 spiro atoms. The maximum Gasteiger partial charge on any atom is 0.407 e. The Kier molecular flexibility index (Phi) is 4.59. The number of hydrogen-bond donors (Lipinski definition) is 2. The summed E-state index contributed by atoms with van der Waals surface area (Å²) in [6, 6.07) is 0.251. The molecule has 0 radical (unpaired) electrons. The van der Waals surface area contributed by atoms with E-state index >= 15 is 0 Å². The molecule has 1 saturated heterocycles. The number of alkyl carbamates (subject to hydrolysis) is 1. The third-order valence-electron chi connectivity index (χ3n) is 2.83. The fourth-order valence-electron chi connectivity index (χ4n) is 2.00. The van der Waals surface area contributed by atoms with Crippen molar-refractivity contribution in [3.8, 4) is 0 Å². The number of carbonyl (C=O) groups is 1. The molecule has 0 aliphatic carbocycles. The molecule has 94 valence electrons. The number of piperidine rings is 1. The van der Waals surface area contributed by atoms with Crippen molar-refractivity contribution in [2.75, 3.05) is 13.1 Å². The highest BCUT2D eigenvalue weighted by molar-refractivity contribution is 5.68. The molecular weight excluding hydrogens is 204 g/mol. The molecule has 1 amide bonds. The summed E-state index contributed by atoms with van der Waals surface area (Å²) in [7, 11) is 0. The molecule has 1 aliphatic rings. The highest BCUT2D eigenvalue weighted by atomic mass is 16.6. The molecule has 4 nitrogen and oxygen atoms in total. The fraction of sp³-hybridized carbons (Fsp3) is 0.917. The first-order chi connectivity index (χ1) is 7.42.